The minimum atomic E-state index is -0.293. The number of nitrogens with one attached hydrogen (secondary N) is 2. The van der Waals surface area contributed by atoms with E-state index in [1.807, 2.05) is 32.0 Å². The molecular formula is C26H25N11O. The second kappa shape index (κ2) is 9.90. The van der Waals surface area contributed by atoms with E-state index < -0.39 is 0 Å². The molecule has 0 radical (unpaired) electrons. The molecule has 5 rings (SSSR count). The maximum atomic E-state index is 13.2. The summed E-state index contributed by atoms with van der Waals surface area (Å²) in [5.41, 5.74) is 16.1. The van der Waals surface area contributed by atoms with Crippen LogP contribution in [0.5, 0.6) is 0 Å². The number of nitrogen functional groups attached to an aromatic ring is 2. The lowest BCUT2D eigenvalue weighted by Gasteiger charge is -2.11. The number of aryl methyl sites for hydroxylation is 2. The number of rotatable bonds is 7. The molecule has 12 nitrogen and oxygen atoms in total. The normalized spacial score (nSPS) is 10.9. The van der Waals surface area contributed by atoms with Crippen molar-refractivity contribution in [1.29, 1.82) is 5.26 Å². The van der Waals surface area contributed by atoms with Crippen LogP contribution < -0.4 is 22.1 Å². The number of aromatic nitrogens is 6. The monoisotopic (exact) mass is 507 g/mol. The number of anilines is 5. The average molecular weight is 508 g/mol. The Morgan fingerprint density at radius 1 is 1.05 bits per heavy atom. The van der Waals surface area contributed by atoms with Gasteiger partial charge in [-0.25, -0.2) is 9.67 Å². The molecule has 0 atom stereocenters. The van der Waals surface area contributed by atoms with Crippen LogP contribution in [0.15, 0.2) is 54.6 Å². The minimum absolute atomic E-state index is 0.0167. The van der Waals surface area contributed by atoms with E-state index in [4.69, 9.17) is 16.5 Å². The van der Waals surface area contributed by atoms with Crippen molar-refractivity contribution in [3.63, 3.8) is 0 Å². The molecule has 0 unspecified atom stereocenters. The van der Waals surface area contributed by atoms with Gasteiger partial charge in [0.15, 0.2) is 17.0 Å². The van der Waals surface area contributed by atoms with E-state index in [0.717, 1.165) is 11.4 Å². The Bertz CT molecular complexity index is 1680. The van der Waals surface area contributed by atoms with Crippen molar-refractivity contribution in [2.45, 2.75) is 26.9 Å². The first-order valence-electron chi connectivity index (χ1n) is 11.9. The molecule has 0 saturated carbocycles. The van der Waals surface area contributed by atoms with Gasteiger partial charge in [0.1, 0.15) is 18.2 Å². The van der Waals surface area contributed by atoms with Crippen molar-refractivity contribution in [2.75, 3.05) is 22.1 Å². The molecule has 0 aliphatic rings. The summed E-state index contributed by atoms with van der Waals surface area (Å²) in [6.45, 7) is 4.32. The summed E-state index contributed by atoms with van der Waals surface area (Å²) in [4.78, 5) is 26.8. The molecular weight excluding hydrogens is 482 g/mol. The van der Waals surface area contributed by atoms with Gasteiger partial charge in [-0.05, 0) is 62.4 Å². The highest BCUT2D eigenvalue weighted by Crippen LogP contribution is 2.30. The number of hydrogen-bond donors (Lipinski definition) is 4. The Morgan fingerprint density at radius 2 is 1.79 bits per heavy atom. The number of carbonyl (C=O) groups is 1. The van der Waals surface area contributed by atoms with Crippen LogP contribution in [-0.4, -0.2) is 35.2 Å². The number of hydrogen-bond acceptors (Lipinski definition) is 9. The lowest BCUT2D eigenvalue weighted by atomic mass is 10.1. The molecule has 1 amide bonds. The van der Waals surface area contributed by atoms with Gasteiger partial charge in [0.25, 0.3) is 0 Å². The van der Waals surface area contributed by atoms with E-state index in [1.54, 1.807) is 45.6 Å². The number of nitrogens with two attached hydrogens (primary N) is 2. The van der Waals surface area contributed by atoms with Gasteiger partial charge in [-0.3, -0.25) is 9.36 Å². The quantitative estimate of drug-likeness (QED) is 0.240. The highest BCUT2D eigenvalue weighted by atomic mass is 16.2. The number of fused-ring (bicyclic) bond motifs is 1. The molecule has 3 heterocycles. The lowest BCUT2D eigenvalue weighted by Crippen LogP contribution is -2.21. The number of carbonyl (C=O) groups excluding carboxylic acids is 1. The highest BCUT2D eigenvalue weighted by molar-refractivity contribution is 5.94. The molecule has 190 valence electrons. The highest BCUT2D eigenvalue weighted by Gasteiger charge is 2.21. The summed E-state index contributed by atoms with van der Waals surface area (Å²) in [5.74, 6) is 1.17. The number of imidazole rings is 1. The molecule has 0 saturated heterocycles. The third kappa shape index (κ3) is 4.80. The fourth-order valence-corrected chi connectivity index (χ4v) is 4.09. The van der Waals surface area contributed by atoms with Gasteiger partial charge in [-0.1, -0.05) is 0 Å². The molecule has 0 spiro atoms. The molecule has 38 heavy (non-hydrogen) atoms. The molecule has 3 aromatic heterocycles. The Kier molecular flexibility index (Phi) is 6.32. The van der Waals surface area contributed by atoms with Crippen molar-refractivity contribution in [3.8, 4) is 17.5 Å². The Labute approximate surface area is 217 Å². The van der Waals surface area contributed by atoms with Crippen molar-refractivity contribution in [2.24, 2.45) is 0 Å². The van der Waals surface area contributed by atoms with Crippen molar-refractivity contribution in [1.82, 2.24) is 29.3 Å². The van der Waals surface area contributed by atoms with Gasteiger partial charge in [-0.2, -0.15) is 20.3 Å². The zero-order valence-corrected chi connectivity index (χ0v) is 20.8. The number of benzene rings is 2. The summed E-state index contributed by atoms with van der Waals surface area (Å²) in [6.07, 6.45) is 0. The molecule has 6 N–H and O–H groups in total. The predicted molar refractivity (Wildman–Crippen MR) is 145 cm³/mol. The first-order valence-corrected chi connectivity index (χ1v) is 11.9. The summed E-state index contributed by atoms with van der Waals surface area (Å²) < 4.78 is 3.40. The van der Waals surface area contributed by atoms with E-state index in [9.17, 15) is 10.1 Å². The zero-order valence-electron chi connectivity index (χ0n) is 20.8. The van der Waals surface area contributed by atoms with Crippen LogP contribution in [-0.2, 0) is 17.9 Å². The SMILES string of the molecule is CCn1nc(C)cc1NC(=O)Cn1c(-c2ccc(C#N)cc2)nc2c(Nc3ccc(N)cc3)nc(N)nc21. The summed E-state index contributed by atoms with van der Waals surface area (Å²) in [6, 6.07) is 18.0. The summed E-state index contributed by atoms with van der Waals surface area (Å²) >= 11 is 0. The topological polar surface area (TPSA) is 178 Å². The van der Waals surface area contributed by atoms with E-state index in [1.165, 1.54) is 0 Å². The lowest BCUT2D eigenvalue weighted by molar-refractivity contribution is -0.116. The van der Waals surface area contributed by atoms with Crippen molar-refractivity contribution < 1.29 is 4.79 Å². The number of nitriles is 1. The van der Waals surface area contributed by atoms with Gasteiger partial charge >= 0.3 is 0 Å². The fourth-order valence-electron chi connectivity index (χ4n) is 4.09. The van der Waals surface area contributed by atoms with E-state index in [2.05, 4.69) is 31.8 Å². The third-order valence-electron chi connectivity index (χ3n) is 5.83. The minimum Gasteiger partial charge on any atom is -0.399 e. The maximum Gasteiger partial charge on any atom is 0.245 e. The van der Waals surface area contributed by atoms with Gasteiger partial charge in [-0.15, -0.1) is 0 Å². The summed E-state index contributed by atoms with van der Waals surface area (Å²) in [5, 5.41) is 19.7. The van der Waals surface area contributed by atoms with Gasteiger partial charge in [0.2, 0.25) is 11.9 Å². The predicted octanol–water partition coefficient (Wildman–Crippen LogP) is 3.44. The Balaban J connectivity index is 1.60. The molecule has 0 bridgehead atoms. The molecule has 0 aliphatic heterocycles. The molecule has 0 fully saturated rings. The largest absolute Gasteiger partial charge is 0.399 e. The van der Waals surface area contributed by atoms with Crippen LogP contribution in [0.3, 0.4) is 0 Å². The number of nitrogens with zero attached hydrogens (tertiary/aromatic N) is 7. The van der Waals surface area contributed by atoms with Crippen LogP contribution in [0.1, 0.15) is 18.2 Å². The molecule has 0 aliphatic carbocycles. The average Bonchev–Trinajstić information content (AvgIpc) is 3.44. The first kappa shape index (κ1) is 24.3. The van der Waals surface area contributed by atoms with Crippen LogP contribution in [0.4, 0.5) is 29.0 Å². The van der Waals surface area contributed by atoms with Crippen LogP contribution in [0, 0.1) is 18.3 Å². The second-order valence-corrected chi connectivity index (χ2v) is 8.60. The van der Waals surface area contributed by atoms with E-state index in [0.29, 0.717) is 52.0 Å². The van der Waals surface area contributed by atoms with Gasteiger partial charge < -0.3 is 22.1 Å². The first-order chi connectivity index (χ1) is 18.3. The number of amides is 1. The Morgan fingerprint density at radius 3 is 2.47 bits per heavy atom. The van der Waals surface area contributed by atoms with Gasteiger partial charge in [0, 0.05) is 29.5 Å². The van der Waals surface area contributed by atoms with Gasteiger partial charge in [0.05, 0.1) is 17.3 Å². The molecule has 5 aromatic rings. The molecule has 12 heteroatoms. The van der Waals surface area contributed by atoms with Crippen LogP contribution >= 0.6 is 0 Å². The van der Waals surface area contributed by atoms with Crippen molar-refractivity contribution >= 4 is 46.0 Å². The van der Waals surface area contributed by atoms with Crippen molar-refractivity contribution in [3.05, 3.63) is 65.9 Å². The third-order valence-corrected chi connectivity index (χ3v) is 5.83. The van der Waals surface area contributed by atoms with Crippen LogP contribution in [0.2, 0.25) is 0 Å². The smallest absolute Gasteiger partial charge is 0.245 e. The second-order valence-electron chi connectivity index (χ2n) is 8.60. The fraction of sp³-hybridized carbons (Fsp3) is 0.154. The van der Waals surface area contributed by atoms with E-state index in [-0.39, 0.29) is 18.4 Å². The maximum absolute atomic E-state index is 13.2. The summed E-state index contributed by atoms with van der Waals surface area (Å²) in [7, 11) is 0. The molecule has 2 aromatic carbocycles. The standard InChI is InChI=1S/C26H25N11O/c1-3-37-20(12-15(2)35-37)31-21(38)14-36-24(17-6-4-16(13-27)5-7-17)32-22-23(33-26(29)34-25(22)36)30-19-10-8-18(28)9-11-19/h4-12H,3,14,28H2,1-2H3,(H,31,38)(H3,29,30,33,34). The van der Waals surface area contributed by atoms with E-state index >= 15 is 0 Å². The van der Waals surface area contributed by atoms with Crippen LogP contribution in [0.25, 0.3) is 22.6 Å². The Hall–Kier alpha value is -5.44. The zero-order chi connectivity index (χ0) is 26.8.